The lowest BCUT2D eigenvalue weighted by Crippen LogP contribution is -1.98. The third kappa shape index (κ3) is 1.82. The fourth-order valence-electron chi connectivity index (χ4n) is 1.42. The van der Waals surface area contributed by atoms with Crippen LogP contribution in [0.3, 0.4) is 0 Å². The van der Waals surface area contributed by atoms with Crippen LogP contribution in [0.1, 0.15) is 0 Å². The van der Waals surface area contributed by atoms with E-state index in [1.165, 1.54) is 0 Å². The summed E-state index contributed by atoms with van der Waals surface area (Å²) in [5.74, 6) is 0.654. The normalized spacial score (nSPS) is 10.9. The van der Waals surface area contributed by atoms with Crippen molar-refractivity contribution in [3.8, 4) is 11.6 Å². The molecule has 0 aliphatic carbocycles. The number of nitrogens with zero attached hydrogens (tertiary/aromatic N) is 4. The van der Waals surface area contributed by atoms with Crippen LogP contribution in [0.25, 0.3) is 22.7 Å². The lowest BCUT2D eigenvalue weighted by atomic mass is 10.4. The molecule has 7 heteroatoms. The highest BCUT2D eigenvalue weighted by Crippen LogP contribution is 2.25. The monoisotopic (exact) mass is 339 g/mol. The summed E-state index contributed by atoms with van der Waals surface area (Å²) in [5, 5.41) is 0. The molecule has 3 aromatic rings. The smallest absolute Gasteiger partial charge is 0.250 e. The quantitative estimate of drug-likeness (QED) is 0.681. The number of nitrogen functional groups attached to an aromatic ring is 1. The van der Waals surface area contributed by atoms with Crippen LogP contribution >= 0.6 is 22.6 Å². The van der Waals surface area contributed by atoms with Crippen LogP contribution in [0.2, 0.25) is 0 Å². The van der Waals surface area contributed by atoms with Gasteiger partial charge in [0.05, 0.1) is 12.4 Å². The molecular weight excluding hydrogens is 333 g/mol. The van der Waals surface area contributed by atoms with Crippen molar-refractivity contribution in [2.24, 2.45) is 0 Å². The maximum absolute atomic E-state index is 5.75. The van der Waals surface area contributed by atoms with E-state index < -0.39 is 0 Å². The summed E-state index contributed by atoms with van der Waals surface area (Å²) in [6.07, 6.45) is 4.85. The van der Waals surface area contributed by atoms with Gasteiger partial charge in [0.1, 0.15) is 9.22 Å². The zero-order valence-corrected chi connectivity index (χ0v) is 10.6. The van der Waals surface area contributed by atoms with Crippen molar-refractivity contribution in [1.82, 2.24) is 19.9 Å². The number of rotatable bonds is 1. The van der Waals surface area contributed by atoms with Crippen LogP contribution in [0.4, 0.5) is 5.82 Å². The number of hydrogen-bond acceptors (Lipinski definition) is 6. The van der Waals surface area contributed by atoms with Crippen LogP contribution in [-0.2, 0) is 0 Å². The average Bonchev–Trinajstić information content (AvgIpc) is 2.75. The van der Waals surface area contributed by atoms with Crippen LogP contribution in [0.15, 0.2) is 29.1 Å². The van der Waals surface area contributed by atoms with Gasteiger partial charge in [0.2, 0.25) is 5.89 Å². The molecule has 0 bridgehead atoms. The first-order chi connectivity index (χ1) is 8.24. The number of oxazole rings is 1. The molecule has 3 aromatic heterocycles. The third-order valence-corrected chi connectivity index (χ3v) is 2.68. The molecule has 0 unspecified atom stereocenters. The Morgan fingerprint density at radius 1 is 1.24 bits per heavy atom. The number of aromatic nitrogens is 4. The molecule has 17 heavy (non-hydrogen) atoms. The highest BCUT2D eigenvalue weighted by atomic mass is 127. The highest BCUT2D eigenvalue weighted by Gasteiger charge is 2.13. The minimum absolute atomic E-state index is 0.296. The van der Waals surface area contributed by atoms with Gasteiger partial charge in [-0.15, -0.1) is 0 Å². The molecule has 0 fully saturated rings. The molecule has 3 rings (SSSR count). The van der Waals surface area contributed by atoms with E-state index in [4.69, 9.17) is 10.2 Å². The first-order valence-electron chi connectivity index (χ1n) is 4.73. The van der Waals surface area contributed by atoms with E-state index >= 15 is 0 Å². The zero-order valence-electron chi connectivity index (χ0n) is 8.46. The van der Waals surface area contributed by atoms with Crippen LogP contribution < -0.4 is 5.73 Å². The van der Waals surface area contributed by atoms with Crippen molar-refractivity contribution in [2.75, 3.05) is 5.73 Å². The average molecular weight is 339 g/mol. The van der Waals surface area contributed by atoms with E-state index in [0.717, 1.165) is 3.70 Å². The molecule has 0 radical (unpaired) electrons. The Balaban J connectivity index is 2.23. The van der Waals surface area contributed by atoms with Gasteiger partial charge in [0, 0.05) is 12.3 Å². The Bertz CT molecular complexity index is 663. The first kappa shape index (κ1) is 10.4. The number of anilines is 1. The second-order valence-corrected chi connectivity index (χ2v) is 4.39. The Morgan fingerprint density at radius 2 is 2.12 bits per heavy atom. The molecule has 2 N–H and O–H groups in total. The van der Waals surface area contributed by atoms with Crippen molar-refractivity contribution in [1.29, 1.82) is 0 Å². The molecule has 0 saturated heterocycles. The van der Waals surface area contributed by atoms with Crippen molar-refractivity contribution >= 4 is 39.5 Å². The van der Waals surface area contributed by atoms with E-state index in [2.05, 4.69) is 42.5 Å². The minimum atomic E-state index is 0.296. The summed E-state index contributed by atoms with van der Waals surface area (Å²) in [4.78, 5) is 16.5. The molecule has 0 aliphatic heterocycles. The summed E-state index contributed by atoms with van der Waals surface area (Å²) in [5.41, 5.74) is 7.52. The Labute approximate surface area is 109 Å². The molecule has 0 aromatic carbocycles. The van der Waals surface area contributed by atoms with E-state index in [0.29, 0.717) is 28.5 Å². The second kappa shape index (κ2) is 3.91. The molecule has 6 nitrogen and oxygen atoms in total. The lowest BCUT2D eigenvalue weighted by Gasteiger charge is -1.98. The van der Waals surface area contributed by atoms with Crippen LogP contribution in [0.5, 0.6) is 0 Å². The Hall–Kier alpha value is -1.77. The van der Waals surface area contributed by atoms with Crippen LogP contribution in [0, 0.1) is 3.70 Å². The van der Waals surface area contributed by atoms with Gasteiger partial charge in [0.15, 0.2) is 17.1 Å². The largest absolute Gasteiger partial charge is 0.434 e. The minimum Gasteiger partial charge on any atom is -0.434 e. The highest BCUT2D eigenvalue weighted by molar-refractivity contribution is 14.1. The second-order valence-electron chi connectivity index (χ2n) is 3.29. The molecule has 0 atom stereocenters. The SMILES string of the molecule is Nc1ncc(I)nc1-c1nc2cnccc2o1. The fourth-order valence-corrected chi connectivity index (χ4v) is 1.80. The molecule has 0 spiro atoms. The maximum Gasteiger partial charge on any atom is 0.250 e. The van der Waals surface area contributed by atoms with Gasteiger partial charge in [-0.1, -0.05) is 0 Å². The molecule has 0 amide bonds. The third-order valence-electron chi connectivity index (χ3n) is 2.16. The van der Waals surface area contributed by atoms with Crippen molar-refractivity contribution < 1.29 is 4.42 Å². The van der Waals surface area contributed by atoms with Gasteiger partial charge in [0.25, 0.3) is 0 Å². The summed E-state index contributed by atoms with van der Waals surface area (Å²) < 4.78 is 6.28. The molecule has 0 aliphatic rings. The predicted octanol–water partition coefficient (Wildman–Crippen LogP) is 1.87. The zero-order chi connectivity index (χ0) is 11.8. The van der Waals surface area contributed by atoms with Crippen molar-refractivity contribution in [2.45, 2.75) is 0 Å². The maximum atomic E-state index is 5.75. The molecule has 3 heterocycles. The molecule has 84 valence electrons. The van der Waals surface area contributed by atoms with Gasteiger partial charge >= 0.3 is 0 Å². The van der Waals surface area contributed by atoms with Crippen molar-refractivity contribution in [3.05, 3.63) is 28.4 Å². The standard InChI is InChI=1S/C10H6IN5O/c11-7-4-14-9(12)8(16-7)10-15-5-3-13-2-1-6(5)17-10/h1-4H,(H2,12,14). The van der Waals surface area contributed by atoms with Gasteiger partial charge < -0.3 is 10.2 Å². The van der Waals surface area contributed by atoms with Gasteiger partial charge in [-0.3, -0.25) is 4.98 Å². The van der Waals surface area contributed by atoms with Gasteiger partial charge in [-0.2, -0.15) is 0 Å². The predicted molar refractivity (Wildman–Crippen MR) is 70.0 cm³/mol. The van der Waals surface area contributed by atoms with E-state index in [1.807, 2.05) is 0 Å². The Kier molecular flexibility index (Phi) is 2.39. The summed E-state index contributed by atoms with van der Waals surface area (Å²) in [6.45, 7) is 0. The lowest BCUT2D eigenvalue weighted by molar-refractivity contribution is 0.616. The summed E-state index contributed by atoms with van der Waals surface area (Å²) >= 11 is 2.06. The number of hydrogen-bond donors (Lipinski definition) is 1. The van der Waals surface area contributed by atoms with E-state index in [1.54, 1.807) is 24.7 Å². The van der Waals surface area contributed by atoms with E-state index in [9.17, 15) is 0 Å². The number of pyridine rings is 1. The number of halogens is 1. The number of nitrogens with two attached hydrogens (primary N) is 1. The summed E-state index contributed by atoms with van der Waals surface area (Å²) in [6, 6.07) is 1.74. The fraction of sp³-hybridized carbons (Fsp3) is 0. The topological polar surface area (TPSA) is 90.7 Å². The van der Waals surface area contributed by atoms with Gasteiger partial charge in [-0.25, -0.2) is 15.0 Å². The molecule has 0 saturated carbocycles. The summed E-state index contributed by atoms with van der Waals surface area (Å²) in [7, 11) is 0. The van der Waals surface area contributed by atoms with Crippen LogP contribution in [-0.4, -0.2) is 19.9 Å². The van der Waals surface area contributed by atoms with Gasteiger partial charge in [-0.05, 0) is 22.6 Å². The first-order valence-corrected chi connectivity index (χ1v) is 5.81. The van der Waals surface area contributed by atoms with E-state index in [-0.39, 0.29) is 0 Å². The molecular formula is C10H6IN5O. The number of fused-ring (bicyclic) bond motifs is 1. The van der Waals surface area contributed by atoms with Crippen molar-refractivity contribution in [3.63, 3.8) is 0 Å². The Morgan fingerprint density at radius 3 is 2.94 bits per heavy atom.